The van der Waals surface area contributed by atoms with Crippen LogP contribution in [0.5, 0.6) is 0 Å². The summed E-state index contributed by atoms with van der Waals surface area (Å²) in [4.78, 5) is 15.8. The van der Waals surface area contributed by atoms with E-state index in [1.54, 1.807) is 21.8 Å². The normalized spacial score (nSPS) is 16.0. The molecule has 0 aromatic carbocycles. The molecule has 3 rings (SSSR count). The fourth-order valence-electron chi connectivity index (χ4n) is 1.48. The van der Waals surface area contributed by atoms with Crippen molar-refractivity contribution in [3.05, 3.63) is 28.5 Å². The first-order valence-corrected chi connectivity index (χ1v) is 5.84. The zero-order chi connectivity index (χ0) is 11.0. The Morgan fingerprint density at radius 2 is 2.38 bits per heavy atom. The lowest BCUT2D eigenvalue weighted by atomic mass is 10.2. The van der Waals surface area contributed by atoms with Gasteiger partial charge in [0.2, 0.25) is 5.78 Å². The summed E-state index contributed by atoms with van der Waals surface area (Å²) in [6, 6.07) is 0.324. The molecule has 0 spiro atoms. The maximum Gasteiger partial charge on any atom is 0.234 e. The summed E-state index contributed by atoms with van der Waals surface area (Å²) in [5, 5.41) is 12.7. The molecule has 16 heavy (non-hydrogen) atoms. The first-order chi connectivity index (χ1) is 7.84. The Balaban J connectivity index is 1.84. The summed E-state index contributed by atoms with van der Waals surface area (Å²) in [5.41, 5.74) is 2.43. The molecule has 0 radical (unpaired) electrons. The van der Waals surface area contributed by atoms with E-state index in [0.29, 0.717) is 17.4 Å². The van der Waals surface area contributed by atoms with Crippen LogP contribution in [0.3, 0.4) is 0 Å². The van der Waals surface area contributed by atoms with Crippen LogP contribution in [0, 0.1) is 0 Å². The molecule has 0 aliphatic carbocycles. The molecule has 0 amide bonds. The van der Waals surface area contributed by atoms with Gasteiger partial charge in [-0.05, 0) is 0 Å². The highest BCUT2D eigenvalue weighted by Gasteiger charge is 2.22. The number of thiazole rings is 1. The number of aromatic nitrogens is 4. The number of hydrogen-bond acceptors (Lipinski definition) is 6. The van der Waals surface area contributed by atoms with E-state index in [0.717, 1.165) is 13.1 Å². The molecule has 1 saturated heterocycles. The van der Waals surface area contributed by atoms with Crippen LogP contribution in [0.2, 0.25) is 0 Å². The summed E-state index contributed by atoms with van der Waals surface area (Å²) < 4.78 is 1.73. The highest BCUT2D eigenvalue weighted by atomic mass is 32.1. The largest absolute Gasteiger partial charge is 0.312 e. The van der Waals surface area contributed by atoms with E-state index in [1.807, 2.05) is 0 Å². The van der Waals surface area contributed by atoms with Crippen molar-refractivity contribution < 1.29 is 4.79 Å². The number of hydrogen-bond donors (Lipinski definition) is 1. The quantitative estimate of drug-likeness (QED) is 0.764. The molecule has 1 N–H and O–H groups in total. The van der Waals surface area contributed by atoms with Crippen molar-refractivity contribution in [3.8, 4) is 0 Å². The second-order valence-corrected chi connectivity index (χ2v) is 4.32. The third-order valence-electron chi connectivity index (χ3n) is 2.54. The SMILES string of the molecule is O=C(c1cscn1)c1cn(C2CNC2)nn1. The summed E-state index contributed by atoms with van der Waals surface area (Å²) in [6.45, 7) is 1.77. The number of nitrogens with one attached hydrogen (secondary N) is 1. The van der Waals surface area contributed by atoms with Crippen LogP contribution in [0.4, 0.5) is 0 Å². The van der Waals surface area contributed by atoms with E-state index < -0.39 is 0 Å². The van der Waals surface area contributed by atoms with Crippen LogP contribution in [0.1, 0.15) is 22.2 Å². The van der Waals surface area contributed by atoms with Gasteiger partial charge in [-0.2, -0.15) is 0 Å². The van der Waals surface area contributed by atoms with Crippen molar-refractivity contribution in [1.29, 1.82) is 0 Å². The molecule has 6 nitrogen and oxygen atoms in total. The fraction of sp³-hybridized carbons (Fsp3) is 0.333. The maximum absolute atomic E-state index is 11.9. The van der Waals surface area contributed by atoms with Gasteiger partial charge in [0, 0.05) is 18.5 Å². The van der Waals surface area contributed by atoms with Gasteiger partial charge in [0.15, 0.2) is 5.69 Å². The monoisotopic (exact) mass is 235 g/mol. The van der Waals surface area contributed by atoms with Crippen LogP contribution in [0.25, 0.3) is 0 Å². The minimum atomic E-state index is -0.167. The van der Waals surface area contributed by atoms with Crippen molar-refractivity contribution in [1.82, 2.24) is 25.3 Å². The Labute approximate surface area is 95.3 Å². The lowest BCUT2D eigenvalue weighted by Gasteiger charge is -2.26. The third kappa shape index (κ3) is 1.54. The number of ketones is 1. The van der Waals surface area contributed by atoms with E-state index in [1.165, 1.54) is 11.3 Å². The molecule has 7 heteroatoms. The topological polar surface area (TPSA) is 72.7 Å². The molecule has 3 heterocycles. The van der Waals surface area contributed by atoms with E-state index in [-0.39, 0.29) is 5.78 Å². The van der Waals surface area contributed by atoms with E-state index in [9.17, 15) is 4.79 Å². The van der Waals surface area contributed by atoms with E-state index in [4.69, 9.17) is 0 Å². The first-order valence-electron chi connectivity index (χ1n) is 4.90. The fourth-order valence-corrected chi connectivity index (χ4v) is 2.01. The van der Waals surface area contributed by atoms with Gasteiger partial charge in [-0.25, -0.2) is 9.67 Å². The Hall–Kier alpha value is -1.60. The number of carbonyl (C=O) groups excluding carboxylic acids is 1. The Morgan fingerprint density at radius 1 is 1.50 bits per heavy atom. The standard InChI is InChI=1S/C9H9N5OS/c15-9(8-4-16-5-11-8)7-3-14(13-12-7)6-1-10-2-6/h3-6,10H,1-2H2. The smallest absolute Gasteiger partial charge is 0.234 e. The Kier molecular flexibility index (Phi) is 2.26. The molecule has 0 bridgehead atoms. The van der Waals surface area contributed by atoms with Gasteiger partial charge in [0.25, 0.3) is 0 Å². The number of carbonyl (C=O) groups is 1. The highest BCUT2D eigenvalue weighted by Crippen LogP contribution is 2.12. The molecule has 2 aromatic heterocycles. The molecular weight excluding hydrogens is 226 g/mol. The lowest BCUT2D eigenvalue weighted by molar-refractivity contribution is 0.103. The molecular formula is C9H9N5OS. The predicted octanol–water partition coefficient (Wildman–Crippen LogP) is 0.110. The number of nitrogens with zero attached hydrogens (tertiary/aromatic N) is 4. The summed E-state index contributed by atoms with van der Waals surface area (Å²) >= 11 is 1.39. The van der Waals surface area contributed by atoms with Gasteiger partial charge in [-0.15, -0.1) is 16.4 Å². The van der Waals surface area contributed by atoms with Crippen LogP contribution in [-0.2, 0) is 0 Å². The Morgan fingerprint density at radius 3 is 3.00 bits per heavy atom. The van der Waals surface area contributed by atoms with Gasteiger partial charge in [0.05, 0.1) is 17.7 Å². The average Bonchev–Trinajstić information content (AvgIpc) is 2.84. The van der Waals surface area contributed by atoms with Crippen LogP contribution in [0.15, 0.2) is 17.1 Å². The number of rotatable bonds is 3. The second-order valence-electron chi connectivity index (χ2n) is 3.60. The molecule has 0 atom stereocenters. The van der Waals surface area contributed by atoms with Crippen molar-refractivity contribution in [2.75, 3.05) is 13.1 Å². The third-order valence-corrected chi connectivity index (χ3v) is 3.13. The predicted molar refractivity (Wildman–Crippen MR) is 57.5 cm³/mol. The second kappa shape index (κ2) is 3.76. The van der Waals surface area contributed by atoms with Gasteiger partial charge < -0.3 is 5.32 Å². The average molecular weight is 235 g/mol. The van der Waals surface area contributed by atoms with Crippen molar-refractivity contribution in [2.45, 2.75) is 6.04 Å². The molecule has 0 unspecified atom stereocenters. The zero-order valence-electron chi connectivity index (χ0n) is 8.33. The van der Waals surface area contributed by atoms with Gasteiger partial charge in [0.1, 0.15) is 5.69 Å². The van der Waals surface area contributed by atoms with Crippen molar-refractivity contribution >= 4 is 17.1 Å². The van der Waals surface area contributed by atoms with Gasteiger partial charge in [-0.3, -0.25) is 4.79 Å². The molecule has 1 aliphatic rings. The minimum Gasteiger partial charge on any atom is -0.312 e. The molecule has 1 fully saturated rings. The summed E-state index contributed by atoms with van der Waals surface area (Å²) in [6.07, 6.45) is 1.69. The molecule has 0 saturated carbocycles. The van der Waals surface area contributed by atoms with Crippen molar-refractivity contribution in [2.24, 2.45) is 0 Å². The zero-order valence-corrected chi connectivity index (χ0v) is 9.15. The summed E-state index contributed by atoms with van der Waals surface area (Å²) in [7, 11) is 0. The summed E-state index contributed by atoms with van der Waals surface area (Å²) in [5.74, 6) is -0.167. The van der Waals surface area contributed by atoms with Gasteiger partial charge >= 0.3 is 0 Å². The Bertz CT molecular complexity index is 502. The van der Waals surface area contributed by atoms with Crippen LogP contribution in [-0.4, -0.2) is 38.9 Å². The molecule has 1 aliphatic heterocycles. The minimum absolute atomic E-state index is 0.167. The lowest BCUT2D eigenvalue weighted by Crippen LogP contribution is -2.43. The molecule has 82 valence electrons. The van der Waals surface area contributed by atoms with Crippen molar-refractivity contribution in [3.63, 3.8) is 0 Å². The first kappa shape index (κ1) is 9.61. The highest BCUT2D eigenvalue weighted by molar-refractivity contribution is 7.07. The maximum atomic E-state index is 11.9. The van der Waals surface area contributed by atoms with E-state index in [2.05, 4.69) is 20.6 Å². The van der Waals surface area contributed by atoms with Crippen LogP contribution < -0.4 is 5.32 Å². The van der Waals surface area contributed by atoms with Gasteiger partial charge in [-0.1, -0.05) is 5.21 Å². The molecule has 2 aromatic rings. The van der Waals surface area contributed by atoms with E-state index >= 15 is 0 Å². The van der Waals surface area contributed by atoms with Crippen LogP contribution >= 0.6 is 11.3 Å².